The molecule has 1 amide bonds. The van der Waals surface area contributed by atoms with Crippen LogP contribution in [-0.2, 0) is 34.1 Å². The largest absolute Gasteiger partial charge is 0.495 e. The molecule has 0 spiro atoms. The van der Waals surface area contributed by atoms with E-state index >= 15 is 0 Å². The molecule has 2 aromatic rings. The summed E-state index contributed by atoms with van der Waals surface area (Å²) in [5.41, 5.74) is 3.33. The first-order valence-electron chi connectivity index (χ1n) is 9.37. The fourth-order valence-electron chi connectivity index (χ4n) is 3.03. The summed E-state index contributed by atoms with van der Waals surface area (Å²) in [6.07, 6.45) is 1.97. The zero-order valence-corrected chi connectivity index (χ0v) is 17.7. The van der Waals surface area contributed by atoms with E-state index < -0.39 is 10.0 Å². The van der Waals surface area contributed by atoms with Gasteiger partial charge in [-0.3, -0.25) is 9.52 Å². The quantitative estimate of drug-likeness (QED) is 0.672. The van der Waals surface area contributed by atoms with Crippen molar-refractivity contribution in [2.45, 2.75) is 44.9 Å². The molecule has 0 bridgehead atoms. The Balaban J connectivity index is 2.41. The van der Waals surface area contributed by atoms with Crippen LogP contribution >= 0.6 is 0 Å². The van der Waals surface area contributed by atoms with Gasteiger partial charge in [0.1, 0.15) is 10.6 Å². The fraction of sp³-hybridized carbons (Fsp3) is 0.381. The average molecular weight is 405 g/mol. The maximum atomic E-state index is 13.2. The van der Waals surface area contributed by atoms with Crippen molar-refractivity contribution >= 4 is 21.6 Å². The van der Waals surface area contributed by atoms with Crippen LogP contribution in [0.1, 0.15) is 37.5 Å². The van der Waals surface area contributed by atoms with Gasteiger partial charge in [0.25, 0.3) is 10.0 Å². The van der Waals surface area contributed by atoms with Crippen LogP contribution < -0.4 is 14.8 Å². The molecule has 0 atom stereocenters. The molecule has 2 rings (SSSR count). The Labute approximate surface area is 167 Å². The summed E-state index contributed by atoms with van der Waals surface area (Å²) in [7, 11) is -2.40. The van der Waals surface area contributed by atoms with Crippen molar-refractivity contribution in [3.05, 3.63) is 53.1 Å². The lowest BCUT2D eigenvalue weighted by atomic mass is 10.0. The van der Waals surface area contributed by atoms with Gasteiger partial charge in [0.15, 0.2) is 0 Å². The first-order valence-corrected chi connectivity index (χ1v) is 10.9. The van der Waals surface area contributed by atoms with Crippen molar-refractivity contribution in [3.63, 3.8) is 0 Å². The highest BCUT2D eigenvalue weighted by molar-refractivity contribution is 7.92. The summed E-state index contributed by atoms with van der Waals surface area (Å²) < 4.78 is 34.4. The van der Waals surface area contributed by atoms with Gasteiger partial charge in [0.05, 0.1) is 12.8 Å². The number of sulfonamides is 1. The van der Waals surface area contributed by atoms with E-state index in [0.717, 1.165) is 29.5 Å². The number of aryl methyl sites for hydroxylation is 2. The van der Waals surface area contributed by atoms with Crippen LogP contribution in [0.2, 0.25) is 0 Å². The highest BCUT2D eigenvalue weighted by Crippen LogP contribution is 2.30. The van der Waals surface area contributed by atoms with Crippen LogP contribution in [-0.4, -0.2) is 28.0 Å². The zero-order valence-electron chi connectivity index (χ0n) is 16.8. The number of rotatable bonds is 9. The van der Waals surface area contributed by atoms with E-state index in [1.54, 1.807) is 18.2 Å². The van der Waals surface area contributed by atoms with Gasteiger partial charge in [-0.2, -0.15) is 0 Å². The van der Waals surface area contributed by atoms with Gasteiger partial charge in [-0.05, 0) is 48.1 Å². The van der Waals surface area contributed by atoms with Crippen LogP contribution in [0.25, 0.3) is 0 Å². The minimum absolute atomic E-state index is 0.0864. The molecule has 0 heterocycles. The minimum Gasteiger partial charge on any atom is -0.495 e. The molecular formula is C21H28N2O4S. The van der Waals surface area contributed by atoms with E-state index in [4.69, 9.17) is 4.74 Å². The molecular weight excluding hydrogens is 376 g/mol. The first kappa shape index (κ1) is 21.8. The van der Waals surface area contributed by atoms with Gasteiger partial charge in [-0.25, -0.2) is 8.42 Å². The molecule has 152 valence electrons. The molecule has 2 N–H and O–H groups in total. The van der Waals surface area contributed by atoms with E-state index in [9.17, 15) is 13.2 Å². The van der Waals surface area contributed by atoms with E-state index in [1.807, 2.05) is 32.0 Å². The van der Waals surface area contributed by atoms with Gasteiger partial charge < -0.3 is 10.1 Å². The van der Waals surface area contributed by atoms with Gasteiger partial charge >= 0.3 is 0 Å². The number of para-hydroxylation sites is 1. The predicted octanol–water partition coefficient (Wildman–Crippen LogP) is 3.30. The van der Waals surface area contributed by atoms with Crippen LogP contribution in [0, 0.1) is 0 Å². The Bertz CT molecular complexity index is 917. The Morgan fingerprint density at radius 2 is 1.71 bits per heavy atom. The van der Waals surface area contributed by atoms with Crippen molar-refractivity contribution in [1.82, 2.24) is 5.32 Å². The second kappa shape index (κ2) is 9.59. The highest BCUT2D eigenvalue weighted by Gasteiger charge is 2.22. The van der Waals surface area contributed by atoms with E-state index in [1.165, 1.54) is 14.0 Å². The van der Waals surface area contributed by atoms with Crippen LogP contribution in [0.4, 0.5) is 5.69 Å². The van der Waals surface area contributed by atoms with Gasteiger partial charge in [0.2, 0.25) is 5.91 Å². The number of methoxy groups -OCH3 is 1. The molecule has 0 saturated carbocycles. The Kier molecular flexibility index (Phi) is 7.45. The number of hydrogen-bond donors (Lipinski definition) is 2. The van der Waals surface area contributed by atoms with Crippen LogP contribution in [0.15, 0.2) is 41.3 Å². The fourth-order valence-corrected chi connectivity index (χ4v) is 4.40. The minimum atomic E-state index is -3.85. The van der Waals surface area contributed by atoms with Gasteiger partial charge in [-0.1, -0.05) is 38.1 Å². The number of ether oxygens (including phenoxy) is 1. The topological polar surface area (TPSA) is 84.5 Å². The molecule has 0 aliphatic carbocycles. The average Bonchev–Trinajstić information content (AvgIpc) is 2.67. The van der Waals surface area contributed by atoms with Crippen molar-refractivity contribution in [2.24, 2.45) is 0 Å². The standard InChI is InChI=1S/C21H28N2O4S/c1-5-17-8-7-9-18(6-2)21(17)23-28(25,26)20-14-16(10-11-19(20)27-4)12-13-22-15(3)24/h7-11,14,23H,5-6,12-13H2,1-4H3,(H,22,24). The number of carbonyl (C=O) groups is 1. The number of carbonyl (C=O) groups excluding carboxylic acids is 1. The molecule has 6 nitrogen and oxygen atoms in total. The second-order valence-electron chi connectivity index (χ2n) is 6.48. The Hall–Kier alpha value is -2.54. The molecule has 0 saturated heterocycles. The third-order valence-electron chi connectivity index (χ3n) is 4.54. The lowest BCUT2D eigenvalue weighted by Crippen LogP contribution is -2.22. The van der Waals surface area contributed by atoms with E-state index in [-0.39, 0.29) is 16.6 Å². The number of benzene rings is 2. The summed E-state index contributed by atoms with van der Waals surface area (Å²) >= 11 is 0. The maximum Gasteiger partial charge on any atom is 0.265 e. The predicted molar refractivity (Wildman–Crippen MR) is 111 cm³/mol. The highest BCUT2D eigenvalue weighted by atomic mass is 32.2. The smallest absolute Gasteiger partial charge is 0.265 e. The molecule has 0 radical (unpaired) electrons. The van der Waals surface area contributed by atoms with Crippen LogP contribution in [0.3, 0.4) is 0 Å². The molecule has 0 fully saturated rings. The molecule has 28 heavy (non-hydrogen) atoms. The van der Waals surface area contributed by atoms with Gasteiger partial charge in [0, 0.05) is 13.5 Å². The van der Waals surface area contributed by atoms with Gasteiger partial charge in [-0.15, -0.1) is 0 Å². The Morgan fingerprint density at radius 1 is 1.07 bits per heavy atom. The first-order chi connectivity index (χ1) is 13.3. The lowest BCUT2D eigenvalue weighted by Gasteiger charge is -2.17. The third kappa shape index (κ3) is 5.25. The monoisotopic (exact) mass is 404 g/mol. The van der Waals surface area contributed by atoms with Crippen molar-refractivity contribution in [1.29, 1.82) is 0 Å². The summed E-state index contributed by atoms with van der Waals surface area (Å²) in [5, 5.41) is 2.72. The molecule has 0 unspecified atom stereocenters. The van der Waals surface area contributed by atoms with Crippen molar-refractivity contribution in [3.8, 4) is 5.75 Å². The lowest BCUT2D eigenvalue weighted by molar-refractivity contribution is -0.118. The SMILES string of the molecule is CCc1cccc(CC)c1NS(=O)(=O)c1cc(CCNC(C)=O)ccc1OC. The normalized spacial score (nSPS) is 11.1. The molecule has 0 aromatic heterocycles. The summed E-state index contributed by atoms with van der Waals surface area (Å²) in [4.78, 5) is 11.1. The zero-order chi connectivity index (χ0) is 20.7. The number of anilines is 1. The number of amides is 1. The third-order valence-corrected chi connectivity index (χ3v) is 5.91. The Morgan fingerprint density at radius 3 is 2.25 bits per heavy atom. The number of nitrogens with one attached hydrogen (secondary N) is 2. The molecule has 2 aromatic carbocycles. The molecule has 7 heteroatoms. The van der Waals surface area contributed by atoms with Crippen LogP contribution in [0.5, 0.6) is 5.75 Å². The summed E-state index contributed by atoms with van der Waals surface area (Å²) in [5.74, 6) is 0.161. The number of hydrogen-bond acceptors (Lipinski definition) is 4. The maximum absolute atomic E-state index is 13.2. The summed E-state index contributed by atoms with van der Waals surface area (Å²) in [6.45, 7) is 5.88. The summed E-state index contributed by atoms with van der Waals surface area (Å²) in [6, 6.07) is 10.8. The van der Waals surface area contributed by atoms with Crippen molar-refractivity contribution in [2.75, 3.05) is 18.4 Å². The second-order valence-corrected chi connectivity index (χ2v) is 8.13. The molecule has 0 aliphatic heterocycles. The van der Waals surface area contributed by atoms with Crippen molar-refractivity contribution < 1.29 is 17.9 Å². The van der Waals surface area contributed by atoms with E-state index in [0.29, 0.717) is 18.7 Å². The molecule has 0 aliphatic rings. The van der Waals surface area contributed by atoms with E-state index in [2.05, 4.69) is 10.0 Å².